The van der Waals surface area contributed by atoms with Crippen LogP contribution in [0.2, 0.25) is 0 Å². The maximum Gasteiger partial charge on any atom is 0.0672 e. The molecule has 1 saturated carbocycles. The van der Waals surface area contributed by atoms with Gasteiger partial charge in [0.2, 0.25) is 0 Å². The number of benzene rings is 1. The van der Waals surface area contributed by atoms with Gasteiger partial charge in [0.15, 0.2) is 0 Å². The van der Waals surface area contributed by atoms with E-state index in [-0.39, 0.29) is 6.54 Å². The molecule has 1 aromatic heterocycles. The number of allylic oxidation sites excluding steroid dienone is 1. The Morgan fingerprint density at radius 1 is 1.36 bits per heavy atom. The molecule has 1 aromatic carbocycles. The van der Waals surface area contributed by atoms with Crippen LogP contribution in [-0.2, 0) is 9.71 Å². The highest BCUT2D eigenvalue weighted by molar-refractivity contribution is 7.98. The molecule has 2 unspecified atom stereocenters. The molecule has 1 aliphatic carbocycles. The van der Waals surface area contributed by atoms with Crippen molar-refractivity contribution < 1.29 is 9.32 Å². The summed E-state index contributed by atoms with van der Waals surface area (Å²) in [6.45, 7) is 6.39. The molecule has 0 radical (unpaired) electrons. The third-order valence-electron chi connectivity index (χ3n) is 5.35. The molecule has 3 rings (SSSR count). The van der Waals surface area contributed by atoms with Gasteiger partial charge >= 0.3 is 0 Å². The van der Waals surface area contributed by atoms with Crippen LogP contribution in [-0.4, -0.2) is 32.8 Å². The number of aliphatic hydroxyl groups is 1. The summed E-state index contributed by atoms with van der Waals surface area (Å²) >= 11 is 0. The van der Waals surface area contributed by atoms with Crippen LogP contribution in [0, 0.1) is 12.8 Å². The lowest BCUT2D eigenvalue weighted by molar-refractivity contribution is 0.175. The summed E-state index contributed by atoms with van der Waals surface area (Å²) in [6, 6.07) is 9.71. The minimum absolute atomic E-state index is 0.263. The summed E-state index contributed by atoms with van der Waals surface area (Å²) < 4.78 is 15.7. The number of aliphatic hydroxyl groups excluding tert-OH is 1. The maximum atomic E-state index is 12.9. The zero-order valence-electron chi connectivity index (χ0n) is 16.9. The normalized spacial score (nSPS) is 17.9. The van der Waals surface area contributed by atoms with Crippen LogP contribution in [0.1, 0.15) is 44.4 Å². The molecular weight excluding hydrogens is 368 g/mol. The molecule has 1 fully saturated rings. The van der Waals surface area contributed by atoms with Gasteiger partial charge in [0.25, 0.3) is 0 Å². The Morgan fingerprint density at radius 2 is 2.04 bits per heavy atom. The predicted octanol–water partition coefficient (Wildman–Crippen LogP) is 4.22. The van der Waals surface area contributed by atoms with Gasteiger partial charge in [-0.15, -0.1) is 0 Å². The van der Waals surface area contributed by atoms with Crippen LogP contribution in [0.15, 0.2) is 47.0 Å². The van der Waals surface area contributed by atoms with E-state index in [1.165, 1.54) is 18.4 Å². The van der Waals surface area contributed by atoms with Gasteiger partial charge in [-0.05, 0) is 74.2 Å². The predicted molar refractivity (Wildman–Crippen MR) is 119 cm³/mol. The fourth-order valence-corrected chi connectivity index (χ4v) is 4.41. The third kappa shape index (κ3) is 4.90. The van der Waals surface area contributed by atoms with Crippen LogP contribution in [0.5, 0.6) is 0 Å². The Kier molecular flexibility index (Phi) is 6.38. The van der Waals surface area contributed by atoms with Gasteiger partial charge in [-0.1, -0.05) is 30.7 Å². The van der Waals surface area contributed by atoms with Crippen molar-refractivity contribution in [2.24, 2.45) is 5.92 Å². The van der Waals surface area contributed by atoms with E-state index < -0.39 is 15.8 Å². The second-order valence-corrected chi connectivity index (χ2v) is 9.74. The molecule has 0 saturated heterocycles. The second kappa shape index (κ2) is 8.60. The first kappa shape index (κ1) is 20.8. The number of hydrogen-bond donors (Lipinski definition) is 2. The summed E-state index contributed by atoms with van der Waals surface area (Å²) in [7, 11) is -2.64. The number of rotatable bonds is 8. The molecule has 0 bridgehead atoms. The van der Waals surface area contributed by atoms with Crippen LogP contribution >= 0.6 is 0 Å². The summed E-state index contributed by atoms with van der Waals surface area (Å²) in [4.78, 5) is 5.11. The monoisotopic (exact) mass is 398 g/mol. The van der Waals surface area contributed by atoms with Gasteiger partial charge in [-0.25, -0.2) is 8.93 Å². The Hall–Kier alpha value is -1.95. The number of aryl methyl sites for hydroxylation is 1. The first-order valence-electron chi connectivity index (χ1n) is 9.86. The second-order valence-electron chi connectivity index (χ2n) is 7.63. The number of hydrogen-bond acceptors (Lipinski definition) is 3. The zero-order chi connectivity index (χ0) is 20.3. The molecule has 0 aliphatic heterocycles. The lowest BCUT2D eigenvalue weighted by atomic mass is 9.97. The average Bonchev–Trinajstić information content (AvgIpc) is 3.53. The van der Waals surface area contributed by atoms with Crippen LogP contribution in [0.4, 0.5) is 0 Å². The van der Waals surface area contributed by atoms with Crippen molar-refractivity contribution in [2.45, 2.75) is 51.0 Å². The molecule has 4 nitrogen and oxygen atoms in total. The Labute approximate surface area is 168 Å². The quantitative estimate of drug-likeness (QED) is 0.655. The minimum atomic E-state index is -2.64. The van der Waals surface area contributed by atoms with E-state index in [0.29, 0.717) is 11.3 Å². The van der Waals surface area contributed by atoms with E-state index in [1.54, 1.807) is 0 Å². The highest BCUT2D eigenvalue weighted by atomic mass is 32.2. The maximum absolute atomic E-state index is 12.9. The Bertz CT molecular complexity index is 959. The molecule has 5 heteroatoms. The van der Waals surface area contributed by atoms with Crippen molar-refractivity contribution in [1.29, 1.82) is 0 Å². The molecule has 28 heavy (non-hydrogen) atoms. The van der Waals surface area contributed by atoms with Crippen molar-refractivity contribution in [3.63, 3.8) is 0 Å². The highest BCUT2D eigenvalue weighted by Gasteiger charge is 2.23. The standard InChI is InChI=1S/C23H30N2O2S/c1-5-20(26)15-25-28(4,27)21-10-8-19(9-11-21)22-12-13-24-17(3)23(22)14-16(2)18-6-7-18/h8-14,18,20,26H,4-7,15H2,1-3H3,(H,25,27)/b16-14+. The first-order valence-corrected chi connectivity index (χ1v) is 11.6. The van der Waals surface area contributed by atoms with E-state index in [2.05, 4.69) is 28.6 Å². The molecule has 2 aromatic rings. The van der Waals surface area contributed by atoms with E-state index >= 15 is 0 Å². The molecule has 2 N–H and O–H groups in total. The van der Waals surface area contributed by atoms with Crippen molar-refractivity contribution in [1.82, 2.24) is 9.71 Å². The first-order chi connectivity index (χ1) is 13.3. The van der Waals surface area contributed by atoms with Crippen molar-refractivity contribution in [2.75, 3.05) is 6.54 Å². The summed E-state index contributed by atoms with van der Waals surface area (Å²) in [5.41, 5.74) is 5.77. The van der Waals surface area contributed by atoms with Gasteiger partial charge in [-0.3, -0.25) is 4.98 Å². The van der Waals surface area contributed by atoms with Gasteiger partial charge in [0.05, 0.1) is 15.8 Å². The van der Waals surface area contributed by atoms with E-state index in [1.807, 2.05) is 50.4 Å². The number of pyridine rings is 1. The molecule has 0 spiro atoms. The third-order valence-corrected chi connectivity index (χ3v) is 7.02. The van der Waals surface area contributed by atoms with Crippen molar-refractivity contribution in [3.05, 3.63) is 53.4 Å². The lowest BCUT2D eigenvalue weighted by Crippen LogP contribution is -2.31. The average molecular weight is 399 g/mol. The lowest BCUT2D eigenvalue weighted by Gasteiger charge is -2.15. The fourth-order valence-electron chi connectivity index (χ4n) is 3.21. The van der Waals surface area contributed by atoms with E-state index in [0.717, 1.165) is 28.3 Å². The SMILES string of the molecule is C=S(=O)(NCC(O)CC)c1ccc(-c2ccnc(C)c2/C=C(\C)C2CC2)cc1. The Morgan fingerprint density at radius 3 is 2.64 bits per heavy atom. The van der Waals surface area contributed by atoms with E-state index in [9.17, 15) is 9.32 Å². The van der Waals surface area contributed by atoms with Gasteiger partial charge in [-0.2, -0.15) is 0 Å². The molecule has 1 heterocycles. The fraction of sp³-hybridized carbons (Fsp3) is 0.391. The smallest absolute Gasteiger partial charge is 0.0672 e. The summed E-state index contributed by atoms with van der Waals surface area (Å²) in [5.74, 6) is 4.55. The molecule has 0 amide bonds. The summed E-state index contributed by atoms with van der Waals surface area (Å²) in [5, 5.41) is 9.71. The minimum Gasteiger partial charge on any atom is -0.392 e. The molecule has 2 atom stereocenters. The number of nitrogens with one attached hydrogen (secondary N) is 1. The highest BCUT2D eigenvalue weighted by Crippen LogP contribution is 2.38. The van der Waals surface area contributed by atoms with Crippen molar-refractivity contribution >= 4 is 21.7 Å². The summed E-state index contributed by atoms with van der Waals surface area (Å²) in [6.07, 6.45) is 6.75. The van der Waals surface area contributed by atoms with Crippen LogP contribution < -0.4 is 4.72 Å². The largest absolute Gasteiger partial charge is 0.392 e. The van der Waals surface area contributed by atoms with Crippen LogP contribution in [0.25, 0.3) is 17.2 Å². The van der Waals surface area contributed by atoms with Gasteiger partial charge in [0.1, 0.15) is 0 Å². The number of nitrogens with zero attached hydrogens (tertiary/aromatic N) is 1. The zero-order valence-corrected chi connectivity index (χ0v) is 17.8. The van der Waals surface area contributed by atoms with Gasteiger partial charge < -0.3 is 5.11 Å². The Balaban J connectivity index is 1.88. The molecule has 150 valence electrons. The molecule has 1 aliphatic rings. The number of aromatic nitrogens is 1. The van der Waals surface area contributed by atoms with Crippen molar-refractivity contribution in [3.8, 4) is 11.1 Å². The van der Waals surface area contributed by atoms with Crippen LogP contribution in [0.3, 0.4) is 0 Å². The topological polar surface area (TPSA) is 62.2 Å². The molecular formula is C23H30N2O2S. The van der Waals surface area contributed by atoms with E-state index in [4.69, 9.17) is 0 Å². The van der Waals surface area contributed by atoms with Gasteiger partial charge in [0, 0.05) is 28.9 Å².